The molecule has 0 bridgehead atoms. The first-order valence-electron chi connectivity index (χ1n) is 6.14. The minimum Gasteiger partial charge on any atom is -0.480 e. The summed E-state index contributed by atoms with van der Waals surface area (Å²) in [7, 11) is 3.30. The summed E-state index contributed by atoms with van der Waals surface area (Å²) >= 11 is 0. The summed E-state index contributed by atoms with van der Waals surface area (Å²) in [5.74, 6) is -1.06. The van der Waals surface area contributed by atoms with E-state index in [1.807, 2.05) is 0 Å². The smallest absolute Gasteiger partial charge is 0.329 e. The zero-order valence-corrected chi connectivity index (χ0v) is 11.0. The number of anilines is 1. The Bertz CT molecular complexity index is 510. The third-order valence-electron chi connectivity index (χ3n) is 3.39. The topological polar surface area (TPSA) is 82.5 Å². The highest BCUT2D eigenvalue weighted by Gasteiger charge is 2.44. The van der Waals surface area contributed by atoms with Gasteiger partial charge in [-0.2, -0.15) is 0 Å². The zero-order chi connectivity index (χ0) is 14.0. The molecule has 0 spiro atoms. The first-order chi connectivity index (χ1) is 8.94. The summed E-state index contributed by atoms with van der Waals surface area (Å²) in [4.78, 5) is 28.5. The van der Waals surface area contributed by atoms with Crippen molar-refractivity contribution in [2.75, 3.05) is 19.4 Å². The predicted octanol–water partition coefficient (Wildman–Crippen LogP) is 1.20. The molecule has 2 rings (SSSR count). The Hall–Kier alpha value is -2.11. The summed E-state index contributed by atoms with van der Waals surface area (Å²) in [6, 6.07) is 3.26. The van der Waals surface area contributed by atoms with Crippen LogP contribution >= 0.6 is 0 Å². The molecule has 0 aliphatic heterocycles. The molecule has 1 fully saturated rings. The van der Waals surface area contributed by atoms with E-state index in [0.717, 1.165) is 6.42 Å². The molecule has 0 saturated heterocycles. The van der Waals surface area contributed by atoms with Gasteiger partial charge in [0.2, 0.25) is 0 Å². The lowest BCUT2D eigenvalue weighted by Gasteiger charge is -2.39. The van der Waals surface area contributed by atoms with Crippen LogP contribution in [-0.4, -0.2) is 46.5 Å². The van der Waals surface area contributed by atoms with Crippen molar-refractivity contribution < 1.29 is 14.7 Å². The molecule has 1 heterocycles. The van der Waals surface area contributed by atoms with Crippen LogP contribution in [0.5, 0.6) is 0 Å². The van der Waals surface area contributed by atoms with E-state index in [9.17, 15) is 14.7 Å². The molecule has 1 aromatic rings. The summed E-state index contributed by atoms with van der Waals surface area (Å²) in [6.45, 7) is 0. The van der Waals surface area contributed by atoms with E-state index in [0.29, 0.717) is 24.2 Å². The summed E-state index contributed by atoms with van der Waals surface area (Å²) in [5, 5.41) is 12.3. The standard InChI is InChI=1S/C13H17N3O3/c1-16(2)11(17)10-8-9(4-7-14-10)15-13(12(18)19)5-3-6-13/h4,7-8H,3,5-6H2,1-2H3,(H,14,15)(H,18,19). The van der Waals surface area contributed by atoms with Crippen molar-refractivity contribution in [2.24, 2.45) is 0 Å². The van der Waals surface area contributed by atoms with Gasteiger partial charge in [-0.15, -0.1) is 0 Å². The van der Waals surface area contributed by atoms with Crippen molar-refractivity contribution in [1.82, 2.24) is 9.88 Å². The van der Waals surface area contributed by atoms with Crippen molar-refractivity contribution in [3.63, 3.8) is 0 Å². The molecule has 0 aromatic carbocycles. The van der Waals surface area contributed by atoms with Crippen molar-refractivity contribution in [3.05, 3.63) is 24.0 Å². The second-order valence-corrected chi connectivity index (χ2v) is 5.00. The number of nitrogens with zero attached hydrogens (tertiary/aromatic N) is 2. The molecule has 1 aliphatic rings. The molecule has 2 N–H and O–H groups in total. The number of pyridine rings is 1. The van der Waals surface area contributed by atoms with Gasteiger partial charge in [0.05, 0.1) is 0 Å². The number of rotatable bonds is 4. The van der Waals surface area contributed by atoms with Crippen LogP contribution in [0.3, 0.4) is 0 Å². The van der Waals surface area contributed by atoms with Crippen LogP contribution < -0.4 is 5.32 Å². The lowest BCUT2D eigenvalue weighted by molar-refractivity contribution is -0.145. The summed E-state index contributed by atoms with van der Waals surface area (Å²) in [5.41, 5.74) is 0.0249. The number of nitrogens with one attached hydrogen (secondary N) is 1. The van der Waals surface area contributed by atoms with Crippen molar-refractivity contribution in [2.45, 2.75) is 24.8 Å². The van der Waals surface area contributed by atoms with E-state index in [1.165, 1.54) is 11.1 Å². The summed E-state index contributed by atoms with van der Waals surface area (Å²) in [6.07, 6.45) is 3.60. The van der Waals surface area contributed by atoms with Gasteiger partial charge in [0.15, 0.2) is 0 Å². The van der Waals surface area contributed by atoms with Gasteiger partial charge >= 0.3 is 5.97 Å². The van der Waals surface area contributed by atoms with Gasteiger partial charge in [0.25, 0.3) is 5.91 Å². The van der Waals surface area contributed by atoms with E-state index >= 15 is 0 Å². The molecule has 1 aliphatic carbocycles. The van der Waals surface area contributed by atoms with Gasteiger partial charge in [-0.3, -0.25) is 9.78 Å². The van der Waals surface area contributed by atoms with E-state index < -0.39 is 11.5 Å². The third kappa shape index (κ3) is 2.52. The SMILES string of the molecule is CN(C)C(=O)c1cc(NC2(C(=O)O)CCC2)ccn1. The van der Waals surface area contributed by atoms with E-state index in [1.54, 1.807) is 26.2 Å². The fraction of sp³-hybridized carbons (Fsp3) is 0.462. The van der Waals surface area contributed by atoms with Gasteiger partial charge in [-0.25, -0.2) is 4.79 Å². The van der Waals surface area contributed by atoms with Crippen molar-refractivity contribution >= 4 is 17.6 Å². The van der Waals surface area contributed by atoms with E-state index in [2.05, 4.69) is 10.3 Å². The average Bonchev–Trinajstić information content (AvgIpc) is 2.32. The molecule has 0 atom stereocenters. The van der Waals surface area contributed by atoms with Gasteiger partial charge in [0, 0.05) is 26.0 Å². The Morgan fingerprint density at radius 1 is 1.42 bits per heavy atom. The molecule has 19 heavy (non-hydrogen) atoms. The predicted molar refractivity (Wildman–Crippen MR) is 70.1 cm³/mol. The van der Waals surface area contributed by atoms with Crippen LogP contribution in [0.4, 0.5) is 5.69 Å². The van der Waals surface area contributed by atoms with E-state index in [4.69, 9.17) is 0 Å². The summed E-state index contributed by atoms with van der Waals surface area (Å²) < 4.78 is 0. The number of carboxylic acids is 1. The first-order valence-corrected chi connectivity index (χ1v) is 6.14. The Morgan fingerprint density at radius 3 is 2.58 bits per heavy atom. The quantitative estimate of drug-likeness (QED) is 0.853. The second-order valence-electron chi connectivity index (χ2n) is 5.00. The zero-order valence-electron chi connectivity index (χ0n) is 11.0. The lowest BCUT2D eigenvalue weighted by atomic mass is 9.76. The van der Waals surface area contributed by atoms with Gasteiger partial charge < -0.3 is 15.3 Å². The third-order valence-corrected chi connectivity index (χ3v) is 3.39. The van der Waals surface area contributed by atoms with Gasteiger partial charge in [-0.05, 0) is 31.4 Å². The maximum absolute atomic E-state index is 11.8. The van der Waals surface area contributed by atoms with Crippen LogP contribution in [0.15, 0.2) is 18.3 Å². The van der Waals surface area contributed by atoms with E-state index in [-0.39, 0.29) is 5.91 Å². The molecule has 1 aromatic heterocycles. The largest absolute Gasteiger partial charge is 0.480 e. The number of aromatic nitrogens is 1. The molecule has 1 amide bonds. The molecular formula is C13H17N3O3. The van der Waals surface area contributed by atoms with Crippen LogP contribution in [0.2, 0.25) is 0 Å². The molecule has 102 valence electrons. The number of amides is 1. The Kier molecular flexibility index (Phi) is 3.42. The normalized spacial score (nSPS) is 16.3. The van der Waals surface area contributed by atoms with Crippen molar-refractivity contribution in [3.8, 4) is 0 Å². The maximum Gasteiger partial charge on any atom is 0.329 e. The number of carboxylic acid groups (broad SMARTS) is 1. The Balaban J connectivity index is 2.20. The van der Waals surface area contributed by atoms with Crippen LogP contribution in [0.1, 0.15) is 29.8 Å². The second kappa shape index (κ2) is 4.87. The van der Waals surface area contributed by atoms with Crippen molar-refractivity contribution in [1.29, 1.82) is 0 Å². The minimum atomic E-state index is -0.889. The van der Waals surface area contributed by atoms with Crippen LogP contribution in [0.25, 0.3) is 0 Å². The highest BCUT2D eigenvalue weighted by Crippen LogP contribution is 2.35. The van der Waals surface area contributed by atoms with Crippen LogP contribution in [-0.2, 0) is 4.79 Å². The fourth-order valence-corrected chi connectivity index (χ4v) is 2.05. The number of carbonyl (C=O) groups is 2. The highest BCUT2D eigenvalue weighted by atomic mass is 16.4. The molecule has 1 saturated carbocycles. The fourth-order valence-electron chi connectivity index (χ4n) is 2.05. The van der Waals surface area contributed by atoms with Crippen LogP contribution in [0, 0.1) is 0 Å². The molecule has 0 unspecified atom stereocenters. The average molecular weight is 263 g/mol. The Morgan fingerprint density at radius 2 is 2.11 bits per heavy atom. The highest BCUT2D eigenvalue weighted by molar-refractivity contribution is 5.93. The molecule has 0 radical (unpaired) electrons. The molecular weight excluding hydrogens is 246 g/mol. The van der Waals surface area contributed by atoms with Gasteiger partial charge in [-0.1, -0.05) is 0 Å². The number of hydrogen-bond donors (Lipinski definition) is 2. The molecule has 6 heteroatoms. The number of hydrogen-bond acceptors (Lipinski definition) is 4. The van der Waals surface area contributed by atoms with Gasteiger partial charge in [0.1, 0.15) is 11.2 Å². The lowest BCUT2D eigenvalue weighted by Crippen LogP contribution is -2.52. The minimum absolute atomic E-state index is 0.207. The number of aliphatic carboxylic acids is 1. The first kappa shape index (κ1) is 13.3. The Labute approximate surface area is 111 Å². The number of carbonyl (C=O) groups excluding carboxylic acids is 1. The monoisotopic (exact) mass is 263 g/mol. The molecule has 6 nitrogen and oxygen atoms in total. The maximum atomic E-state index is 11.8.